The predicted molar refractivity (Wildman–Crippen MR) is 85.7 cm³/mol. The standard InChI is InChI=1S/C16H15F3N4O3/c1-8(2)26-12-5-10(3-4-11(12)13(20)24)23-14(25)9-6-21-15(22-7-9)16(17,18)19/h3-8H,1-2H3,(H2,20,24)(H,23,25). The molecule has 1 heterocycles. The highest BCUT2D eigenvalue weighted by molar-refractivity contribution is 6.04. The molecule has 0 unspecified atom stereocenters. The molecule has 0 atom stereocenters. The zero-order valence-corrected chi connectivity index (χ0v) is 13.8. The summed E-state index contributed by atoms with van der Waals surface area (Å²) in [5.74, 6) is -2.59. The number of ether oxygens (including phenoxy) is 1. The molecule has 0 spiro atoms. The van der Waals surface area contributed by atoms with Crippen LogP contribution in [-0.2, 0) is 6.18 Å². The van der Waals surface area contributed by atoms with E-state index in [-0.39, 0.29) is 28.7 Å². The molecule has 0 saturated carbocycles. The van der Waals surface area contributed by atoms with Crippen LogP contribution in [0.3, 0.4) is 0 Å². The van der Waals surface area contributed by atoms with Crippen LogP contribution in [0.4, 0.5) is 18.9 Å². The van der Waals surface area contributed by atoms with Crippen molar-refractivity contribution in [1.29, 1.82) is 0 Å². The van der Waals surface area contributed by atoms with E-state index in [1.54, 1.807) is 13.8 Å². The number of nitrogens with two attached hydrogens (primary N) is 1. The first kappa shape index (κ1) is 19.2. The summed E-state index contributed by atoms with van der Waals surface area (Å²) in [5, 5.41) is 2.46. The second-order valence-corrected chi connectivity index (χ2v) is 5.49. The highest BCUT2D eigenvalue weighted by Crippen LogP contribution is 2.26. The van der Waals surface area contributed by atoms with Gasteiger partial charge in [0.25, 0.3) is 11.8 Å². The van der Waals surface area contributed by atoms with Crippen molar-refractivity contribution in [3.05, 3.63) is 47.5 Å². The molecule has 0 aliphatic carbocycles. The fourth-order valence-corrected chi connectivity index (χ4v) is 1.95. The first-order chi connectivity index (χ1) is 12.1. The first-order valence-corrected chi connectivity index (χ1v) is 7.39. The Morgan fingerprint density at radius 3 is 2.31 bits per heavy atom. The van der Waals surface area contributed by atoms with Gasteiger partial charge < -0.3 is 15.8 Å². The number of halogens is 3. The molecule has 26 heavy (non-hydrogen) atoms. The van der Waals surface area contributed by atoms with Crippen molar-refractivity contribution in [2.24, 2.45) is 5.73 Å². The Morgan fingerprint density at radius 1 is 1.19 bits per heavy atom. The molecular formula is C16H15F3N4O3. The van der Waals surface area contributed by atoms with Gasteiger partial charge in [-0.15, -0.1) is 0 Å². The van der Waals surface area contributed by atoms with Crippen LogP contribution in [0.25, 0.3) is 0 Å². The highest BCUT2D eigenvalue weighted by Gasteiger charge is 2.34. The van der Waals surface area contributed by atoms with Crippen molar-refractivity contribution >= 4 is 17.5 Å². The van der Waals surface area contributed by atoms with Gasteiger partial charge in [-0.1, -0.05) is 0 Å². The topological polar surface area (TPSA) is 107 Å². The minimum Gasteiger partial charge on any atom is -0.490 e. The lowest BCUT2D eigenvalue weighted by molar-refractivity contribution is -0.145. The van der Waals surface area contributed by atoms with E-state index < -0.39 is 23.8 Å². The zero-order valence-electron chi connectivity index (χ0n) is 13.8. The van der Waals surface area contributed by atoms with Crippen LogP contribution in [0.15, 0.2) is 30.6 Å². The van der Waals surface area contributed by atoms with Gasteiger partial charge in [-0.25, -0.2) is 9.97 Å². The van der Waals surface area contributed by atoms with E-state index in [9.17, 15) is 22.8 Å². The first-order valence-electron chi connectivity index (χ1n) is 7.39. The van der Waals surface area contributed by atoms with Gasteiger partial charge >= 0.3 is 6.18 Å². The Hall–Kier alpha value is -3.17. The Balaban J connectivity index is 2.22. The van der Waals surface area contributed by atoms with Gasteiger partial charge in [0.2, 0.25) is 5.82 Å². The van der Waals surface area contributed by atoms with Crippen LogP contribution in [0, 0.1) is 0 Å². The maximum Gasteiger partial charge on any atom is 0.451 e. The molecule has 10 heteroatoms. The normalized spacial score (nSPS) is 11.3. The summed E-state index contributed by atoms with van der Waals surface area (Å²) >= 11 is 0. The number of nitrogens with zero attached hydrogens (tertiary/aromatic N) is 2. The van der Waals surface area contributed by atoms with Crippen molar-refractivity contribution in [2.45, 2.75) is 26.1 Å². The maximum atomic E-state index is 12.4. The number of aromatic nitrogens is 2. The molecule has 7 nitrogen and oxygen atoms in total. The van der Waals surface area contributed by atoms with Crippen LogP contribution in [0.2, 0.25) is 0 Å². The number of primary amides is 1. The van der Waals surface area contributed by atoms with Gasteiger partial charge in [-0.05, 0) is 26.0 Å². The second kappa shape index (κ2) is 7.38. The Kier molecular flexibility index (Phi) is 5.44. The summed E-state index contributed by atoms with van der Waals surface area (Å²) in [6, 6.07) is 4.18. The number of rotatable bonds is 5. The summed E-state index contributed by atoms with van der Waals surface area (Å²) in [4.78, 5) is 29.8. The van der Waals surface area contributed by atoms with E-state index >= 15 is 0 Å². The van der Waals surface area contributed by atoms with Gasteiger partial charge in [-0.3, -0.25) is 9.59 Å². The third-order valence-electron chi connectivity index (χ3n) is 3.04. The summed E-state index contributed by atoms with van der Waals surface area (Å²) in [5.41, 5.74) is 5.50. The molecule has 0 radical (unpaired) electrons. The smallest absolute Gasteiger partial charge is 0.451 e. The third kappa shape index (κ3) is 4.68. The van der Waals surface area contributed by atoms with E-state index in [2.05, 4.69) is 15.3 Å². The number of hydrogen-bond donors (Lipinski definition) is 2. The third-order valence-corrected chi connectivity index (χ3v) is 3.04. The number of nitrogens with one attached hydrogen (secondary N) is 1. The van der Waals surface area contributed by atoms with Gasteiger partial charge in [-0.2, -0.15) is 13.2 Å². The van der Waals surface area contributed by atoms with Crippen LogP contribution < -0.4 is 15.8 Å². The van der Waals surface area contributed by atoms with E-state index in [4.69, 9.17) is 10.5 Å². The second-order valence-electron chi connectivity index (χ2n) is 5.49. The van der Waals surface area contributed by atoms with E-state index in [1.165, 1.54) is 18.2 Å². The van der Waals surface area contributed by atoms with Crippen LogP contribution in [0.5, 0.6) is 5.75 Å². The van der Waals surface area contributed by atoms with Gasteiger partial charge in [0.05, 0.1) is 17.2 Å². The largest absolute Gasteiger partial charge is 0.490 e. The zero-order chi connectivity index (χ0) is 19.5. The number of benzene rings is 1. The van der Waals surface area contributed by atoms with E-state index in [0.29, 0.717) is 0 Å². The van der Waals surface area contributed by atoms with Crippen LogP contribution in [-0.4, -0.2) is 27.9 Å². The highest BCUT2D eigenvalue weighted by atomic mass is 19.4. The molecular weight excluding hydrogens is 353 g/mol. The molecule has 1 aromatic heterocycles. The number of hydrogen-bond acceptors (Lipinski definition) is 5. The van der Waals surface area contributed by atoms with Gasteiger partial charge in [0.15, 0.2) is 0 Å². The Bertz CT molecular complexity index is 820. The van der Waals surface area contributed by atoms with E-state index in [0.717, 1.165) is 12.4 Å². The summed E-state index contributed by atoms with van der Waals surface area (Å²) in [6.07, 6.45) is -3.40. The molecule has 0 saturated heterocycles. The molecule has 0 fully saturated rings. The van der Waals surface area contributed by atoms with Crippen molar-refractivity contribution in [1.82, 2.24) is 9.97 Å². The van der Waals surface area contributed by atoms with Gasteiger partial charge in [0.1, 0.15) is 5.75 Å². The number of carbonyl (C=O) groups excluding carboxylic acids is 2. The van der Waals surface area contributed by atoms with Crippen molar-refractivity contribution < 1.29 is 27.5 Å². The molecule has 2 amide bonds. The van der Waals surface area contributed by atoms with Crippen molar-refractivity contribution in [2.75, 3.05) is 5.32 Å². The lowest BCUT2D eigenvalue weighted by Crippen LogP contribution is -2.18. The Morgan fingerprint density at radius 2 is 1.81 bits per heavy atom. The molecule has 3 N–H and O–H groups in total. The average Bonchev–Trinajstić information content (AvgIpc) is 2.53. The SMILES string of the molecule is CC(C)Oc1cc(NC(=O)c2cnc(C(F)(F)F)nc2)ccc1C(N)=O. The molecule has 0 aliphatic heterocycles. The summed E-state index contributed by atoms with van der Waals surface area (Å²) < 4.78 is 42.8. The van der Waals surface area contributed by atoms with Gasteiger partial charge in [0, 0.05) is 24.1 Å². The minimum absolute atomic E-state index is 0.134. The fourth-order valence-electron chi connectivity index (χ4n) is 1.95. The average molecular weight is 368 g/mol. The monoisotopic (exact) mass is 368 g/mol. The summed E-state index contributed by atoms with van der Waals surface area (Å²) in [6.45, 7) is 3.49. The summed E-state index contributed by atoms with van der Waals surface area (Å²) in [7, 11) is 0. The number of alkyl halides is 3. The van der Waals surface area contributed by atoms with Crippen LogP contribution >= 0.6 is 0 Å². The molecule has 1 aromatic carbocycles. The molecule has 0 bridgehead atoms. The van der Waals surface area contributed by atoms with E-state index in [1.807, 2.05) is 0 Å². The van der Waals surface area contributed by atoms with Crippen molar-refractivity contribution in [3.8, 4) is 5.75 Å². The lowest BCUT2D eigenvalue weighted by Gasteiger charge is -2.14. The lowest BCUT2D eigenvalue weighted by atomic mass is 10.1. The number of amides is 2. The maximum absolute atomic E-state index is 12.4. The Labute approximate surface area is 146 Å². The fraction of sp³-hybridized carbons (Fsp3) is 0.250. The molecule has 2 aromatic rings. The minimum atomic E-state index is -4.69. The predicted octanol–water partition coefficient (Wildman–Crippen LogP) is 2.63. The molecule has 0 aliphatic rings. The molecule has 138 valence electrons. The number of anilines is 1. The molecule has 2 rings (SSSR count). The van der Waals surface area contributed by atoms with Crippen molar-refractivity contribution in [3.63, 3.8) is 0 Å². The quantitative estimate of drug-likeness (QED) is 0.844. The number of carbonyl (C=O) groups is 2. The van der Waals surface area contributed by atoms with Crippen LogP contribution in [0.1, 0.15) is 40.4 Å².